The van der Waals surface area contributed by atoms with Crippen molar-refractivity contribution in [3.05, 3.63) is 29.7 Å². The number of hydrogen-bond donors (Lipinski definition) is 2. The molecule has 2 aromatic rings. The van der Waals surface area contributed by atoms with E-state index >= 15 is 0 Å². The number of aromatic nitrogens is 3. The number of halogens is 2. The van der Waals surface area contributed by atoms with Gasteiger partial charge < -0.3 is 16.0 Å². The first-order chi connectivity index (χ1) is 12.8. The van der Waals surface area contributed by atoms with Gasteiger partial charge in [-0.05, 0) is 37.3 Å². The maximum atomic E-state index is 13.4. The van der Waals surface area contributed by atoms with E-state index < -0.39 is 5.92 Å². The van der Waals surface area contributed by atoms with Crippen LogP contribution in [-0.4, -0.2) is 44.0 Å². The lowest BCUT2D eigenvalue weighted by Crippen LogP contribution is -2.31. The van der Waals surface area contributed by atoms with E-state index in [4.69, 9.17) is 5.73 Å². The van der Waals surface area contributed by atoms with E-state index in [0.29, 0.717) is 37.3 Å². The number of nitrogens with two attached hydrogens (primary N) is 1. The molecule has 3 N–H and O–H groups in total. The summed E-state index contributed by atoms with van der Waals surface area (Å²) in [5, 5.41) is 7.22. The summed E-state index contributed by atoms with van der Waals surface area (Å²) in [5.41, 5.74) is 8.51. The normalized spacial score (nSPS) is 24.4. The number of hydrogen-bond acceptors (Lipinski definition) is 4. The zero-order valence-electron chi connectivity index (χ0n) is 15.2. The summed E-state index contributed by atoms with van der Waals surface area (Å²) in [4.78, 5) is 18.2. The highest BCUT2D eigenvalue weighted by Gasteiger charge is 2.37. The predicted octanol–water partition coefficient (Wildman–Crippen LogP) is 2.47. The maximum Gasteiger partial charge on any atom is 0.318 e. The fourth-order valence-electron chi connectivity index (χ4n) is 3.96. The second-order valence-corrected chi connectivity index (χ2v) is 7.78. The molecule has 7 nitrogen and oxygen atoms in total. The summed E-state index contributed by atoms with van der Waals surface area (Å²) in [5.74, 6) is -2.56. The van der Waals surface area contributed by atoms with Gasteiger partial charge in [0, 0.05) is 32.0 Å². The molecule has 2 fully saturated rings. The average molecular weight is 378 g/mol. The third-order valence-corrected chi connectivity index (χ3v) is 5.53. The largest absolute Gasteiger partial charge is 0.334 e. The summed E-state index contributed by atoms with van der Waals surface area (Å²) in [6.45, 7) is 3.08. The molecule has 0 unspecified atom stereocenters. The Hall–Kier alpha value is -2.29. The SMILES string of the molecule is C[C@@H]1CN(Cc2cnn3cc([C@@H](N)C4CCC(F)(F)CC4)nc3c2)C(=O)N1. The molecular weight excluding hydrogens is 354 g/mol. The molecule has 0 aromatic carbocycles. The predicted molar refractivity (Wildman–Crippen MR) is 95.2 cm³/mol. The van der Waals surface area contributed by atoms with Gasteiger partial charge in [0.1, 0.15) is 0 Å². The quantitative estimate of drug-likeness (QED) is 0.855. The molecule has 146 valence electrons. The number of carbonyl (C=O) groups excluding carboxylic acids is 1. The van der Waals surface area contributed by atoms with Crippen LogP contribution < -0.4 is 11.1 Å². The van der Waals surface area contributed by atoms with Crippen LogP contribution in [-0.2, 0) is 6.54 Å². The Morgan fingerprint density at radius 3 is 2.81 bits per heavy atom. The van der Waals surface area contributed by atoms with E-state index in [1.807, 2.05) is 13.0 Å². The van der Waals surface area contributed by atoms with Gasteiger partial charge in [-0.3, -0.25) is 0 Å². The highest BCUT2D eigenvalue weighted by Crippen LogP contribution is 2.40. The molecule has 0 spiro atoms. The van der Waals surface area contributed by atoms with E-state index in [1.165, 1.54) is 0 Å². The van der Waals surface area contributed by atoms with Crippen molar-refractivity contribution >= 4 is 11.7 Å². The monoisotopic (exact) mass is 378 g/mol. The zero-order valence-corrected chi connectivity index (χ0v) is 15.2. The van der Waals surface area contributed by atoms with Crippen LogP contribution in [0.15, 0.2) is 18.5 Å². The zero-order chi connectivity index (χ0) is 19.2. The number of carbonyl (C=O) groups is 1. The minimum atomic E-state index is -2.56. The van der Waals surface area contributed by atoms with E-state index in [9.17, 15) is 13.6 Å². The minimum absolute atomic E-state index is 0.00351. The molecule has 2 aliphatic rings. The fraction of sp³-hybridized carbons (Fsp3) is 0.611. The van der Waals surface area contributed by atoms with Crippen molar-refractivity contribution in [2.24, 2.45) is 11.7 Å². The average Bonchev–Trinajstić information content (AvgIpc) is 3.17. The molecule has 2 atom stereocenters. The van der Waals surface area contributed by atoms with Crippen LogP contribution in [0.1, 0.15) is 49.9 Å². The van der Waals surface area contributed by atoms with Crippen molar-refractivity contribution in [2.45, 2.75) is 57.2 Å². The number of nitrogens with one attached hydrogen (secondary N) is 1. The molecule has 4 rings (SSSR count). The Morgan fingerprint density at radius 1 is 1.41 bits per heavy atom. The summed E-state index contributed by atoms with van der Waals surface area (Å²) in [7, 11) is 0. The lowest BCUT2D eigenvalue weighted by Gasteiger charge is -2.31. The number of amides is 2. The second-order valence-electron chi connectivity index (χ2n) is 7.78. The lowest BCUT2D eigenvalue weighted by atomic mass is 9.81. The van der Waals surface area contributed by atoms with Crippen LogP contribution in [0.25, 0.3) is 5.65 Å². The van der Waals surface area contributed by atoms with Gasteiger partial charge in [0.25, 0.3) is 0 Å². The fourth-order valence-corrected chi connectivity index (χ4v) is 3.96. The molecule has 1 aliphatic heterocycles. The molecule has 1 aliphatic carbocycles. The number of urea groups is 1. The Labute approximate surface area is 155 Å². The number of nitrogens with zero attached hydrogens (tertiary/aromatic N) is 4. The van der Waals surface area contributed by atoms with Crippen LogP contribution in [0, 0.1) is 5.92 Å². The molecule has 1 saturated carbocycles. The molecule has 0 bridgehead atoms. The number of fused-ring (bicyclic) bond motifs is 1. The summed E-state index contributed by atoms with van der Waals surface area (Å²) in [6, 6.07) is 1.56. The maximum absolute atomic E-state index is 13.4. The smallest absolute Gasteiger partial charge is 0.318 e. The topological polar surface area (TPSA) is 88.6 Å². The lowest BCUT2D eigenvalue weighted by molar-refractivity contribution is -0.0484. The number of imidazole rings is 1. The number of alkyl halides is 2. The summed E-state index contributed by atoms with van der Waals surface area (Å²) in [6.07, 6.45) is 4.06. The molecule has 0 radical (unpaired) electrons. The van der Waals surface area contributed by atoms with Gasteiger partial charge in [-0.2, -0.15) is 5.10 Å². The van der Waals surface area contributed by atoms with E-state index in [2.05, 4.69) is 15.4 Å². The molecule has 9 heteroatoms. The van der Waals surface area contributed by atoms with Crippen molar-refractivity contribution in [2.75, 3.05) is 6.54 Å². The van der Waals surface area contributed by atoms with Crippen molar-refractivity contribution in [3.63, 3.8) is 0 Å². The van der Waals surface area contributed by atoms with Crippen LogP contribution in [0.5, 0.6) is 0 Å². The molecule has 1 saturated heterocycles. The summed E-state index contributed by atoms with van der Waals surface area (Å²) < 4.78 is 28.4. The van der Waals surface area contributed by atoms with Gasteiger partial charge in [-0.15, -0.1) is 0 Å². The van der Waals surface area contributed by atoms with Gasteiger partial charge in [-0.25, -0.2) is 23.1 Å². The van der Waals surface area contributed by atoms with E-state index in [-0.39, 0.29) is 36.9 Å². The van der Waals surface area contributed by atoms with Crippen LogP contribution in [0.2, 0.25) is 0 Å². The second kappa shape index (κ2) is 6.70. The molecule has 2 aromatic heterocycles. The standard InChI is InChI=1S/C18H24F2N6O/c1-11-8-25(17(27)23-11)9-12-6-15-24-14(10-26(15)22-7-12)16(21)13-2-4-18(19,20)5-3-13/h6-7,10-11,13,16H,2-5,8-9,21H2,1H3,(H,23,27)/t11-,16+/m1/s1. The van der Waals surface area contributed by atoms with Crippen LogP contribution >= 0.6 is 0 Å². The van der Waals surface area contributed by atoms with Gasteiger partial charge >= 0.3 is 6.03 Å². The molecular formula is C18H24F2N6O. The Balaban J connectivity index is 1.48. The highest BCUT2D eigenvalue weighted by molar-refractivity contribution is 5.76. The Morgan fingerprint density at radius 2 is 2.15 bits per heavy atom. The first kappa shape index (κ1) is 18.1. The van der Waals surface area contributed by atoms with Crippen molar-refractivity contribution in [3.8, 4) is 0 Å². The van der Waals surface area contributed by atoms with Gasteiger partial charge in [0.15, 0.2) is 5.65 Å². The Kier molecular flexibility index (Phi) is 4.49. The van der Waals surface area contributed by atoms with E-state index in [1.54, 1.807) is 21.8 Å². The first-order valence-corrected chi connectivity index (χ1v) is 9.34. The molecule has 27 heavy (non-hydrogen) atoms. The first-order valence-electron chi connectivity index (χ1n) is 9.34. The third kappa shape index (κ3) is 3.73. The van der Waals surface area contributed by atoms with Gasteiger partial charge in [0.2, 0.25) is 5.92 Å². The van der Waals surface area contributed by atoms with Crippen LogP contribution in [0.4, 0.5) is 13.6 Å². The van der Waals surface area contributed by atoms with Crippen molar-refractivity contribution < 1.29 is 13.6 Å². The summed E-state index contributed by atoms with van der Waals surface area (Å²) >= 11 is 0. The molecule has 3 heterocycles. The van der Waals surface area contributed by atoms with Gasteiger partial charge in [-0.1, -0.05) is 0 Å². The van der Waals surface area contributed by atoms with E-state index in [0.717, 1.165) is 5.56 Å². The van der Waals surface area contributed by atoms with Crippen LogP contribution in [0.3, 0.4) is 0 Å². The van der Waals surface area contributed by atoms with Gasteiger partial charge in [0.05, 0.1) is 24.1 Å². The third-order valence-electron chi connectivity index (χ3n) is 5.53. The highest BCUT2D eigenvalue weighted by atomic mass is 19.3. The number of rotatable bonds is 4. The minimum Gasteiger partial charge on any atom is -0.334 e. The van der Waals surface area contributed by atoms with Crippen molar-refractivity contribution in [1.82, 2.24) is 24.8 Å². The Bertz CT molecular complexity index is 843. The van der Waals surface area contributed by atoms with Crippen molar-refractivity contribution in [1.29, 1.82) is 0 Å². The molecule has 2 amide bonds.